The molecule has 0 bridgehead atoms. The Hall–Kier alpha value is -2.76. The van der Waals surface area contributed by atoms with Gasteiger partial charge in [-0.2, -0.15) is 10.5 Å². The first-order valence-corrected chi connectivity index (χ1v) is 6.48. The first-order chi connectivity index (χ1) is 10.1. The van der Waals surface area contributed by atoms with Crippen molar-refractivity contribution < 1.29 is 9.53 Å². The number of rotatable bonds is 3. The van der Waals surface area contributed by atoms with Crippen LogP contribution in [-0.2, 0) is 4.74 Å². The summed E-state index contributed by atoms with van der Waals surface area (Å²) in [5.74, 6) is -0.550. The number of carbonyl (C=O) groups is 1. The minimum absolute atomic E-state index is 0.110. The summed E-state index contributed by atoms with van der Waals surface area (Å²) in [5, 5.41) is 18.9. The fourth-order valence-corrected chi connectivity index (χ4v) is 2.11. The predicted octanol–water partition coefficient (Wildman–Crippen LogP) is 3.43. The number of H-pyrrole nitrogens is 1. The molecule has 0 aliphatic heterocycles. The van der Waals surface area contributed by atoms with Crippen LogP contribution in [-0.4, -0.2) is 17.6 Å². The van der Waals surface area contributed by atoms with E-state index in [1.54, 1.807) is 37.3 Å². The molecule has 0 radical (unpaired) electrons. The van der Waals surface area contributed by atoms with Crippen molar-refractivity contribution in [1.82, 2.24) is 4.98 Å². The van der Waals surface area contributed by atoms with Crippen molar-refractivity contribution in [3.63, 3.8) is 0 Å². The van der Waals surface area contributed by atoms with Gasteiger partial charge < -0.3 is 9.72 Å². The number of nitrogens with one attached hydrogen (secondary N) is 1. The van der Waals surface area contributed by atoms with Crippen LogP contribution in [0.15, 0.2) is 23.8 Å². The summed E-state index contributed by atoms with van der Waals surface area (Å²) in [7, 11) is 0. The molecule has 21 heavy (non-hydrogen) atoms. The summed E-state index contributed by atoms with van der Waals surface area (Å²) in [6, 6.07) is 8.60. The highest BCUT2D eigenvalue weighted by Gasteiger charge is 2.18. The van der Waals surface area contributed by atoms with Crippen LogP contribution < -0.4 is 0 Å². The minimum Gasteiger partial charge on any atom is -0.461 e. The van der Waals surface area contributed by atoms with Gasteiger partial charge in [0.25, 0.3) is 0 Å². The van der Waals surface area contributed by atoms with Gasteiger partial charge in [0.1, 0.15) is 23.4 Å². The minimum atomic E-state index is -0.550. The number of aromatic amines is 1. The van der Waals surface area contributed by atoms with Gasteiger partial charge in [-0.05, 0) is 31.2 Å². The first-order valence-electron chi connectivity index (χ1n) is 6.11. The summed E-state index contributed by atoms with van der Waals surface area (Å²) in [4.78, 5) is 14.9. The highest BCUT2D eigenvalue weighted by molar-refractivity contribution is 6.31. The van der Waals surface area contributed by atoms with Gasteiger partial charge >= 0.3 is 5.97 Å². The number of hydrogen-bond donors (Lipinski definition) is 1. The van der Waals surface area contributed by atoms with E-state index >= 15 is 0 Å². The van der Waals surface area contributed by atoms with Crippen molar-refractivity contribution in [2.45, 2.75) is 6.92 Å². The maximum atomic E-state index is 12.0. The van der Waals surface area contributed by atoms with Crippen LogP contribution >= 0.6 is 11.6 Å². The van der Waals surface area contributed by atoms with Crippen molar-refractivity contribution in [3.05, 3.63) is 40.1 Å². The molecule has 6 heteroatoms. The number of hydrogen-bond acceptors (Lipinski definition) is 4. The molecule has 0 saturated carbocycles. The van der Waals surface area contributed by atoms with Gasteiger partial charge in [0, 0.05) is 21.5 Å². The van der Waals surface area contributed by atoms with Crippen molar-refractivity contribution >= 4 is 34.5 Å². The van der Waals surface area contributed by atoms with Crippen LogP contribution in [0.1, 0.15) is 23.0 Å². The van der Waals surface area contributed by atoms with E-state index in [2.05, 4.69) is 4.98 Å². The second kappa shape index (κ2) is 6.13. The van der Waals surface area contributed by atoms with Gasteiger partial charge in [-0.3, -0.25) is 0 Å². The van der Waals surface area contributed by atoms with E-state index < -0.39 is 5.97 Å². The first kappa shape index (κ1) is 14.6. The number of ether oxygens (including phenoxy) is 1. The lowest BCUT2D eigenvalue weighted by Crippen LogP contribution is -2.06. The van der Waals surface area contributed by atoms with Gasteiger partial charge in [-0.15, -0.1) is 0 Å². The molecule has 0 aliphatic rings. The highest BCUT2D eigenvalue weighted by atomic mass is 35.5. The molecule has 0 aliphatic carbocycles. The van der Waals surface area contributed by atoms with Gasteiger partial charge in [0.15, 0.2) is 0 Å². The Kier molecular flexibility index (Phi) is 4.27. The molecule has 0 fully saturated rings. The molecule has 2 aromatic rings. The van der Waals surface area contributed by atoms with E-state index in [4.69, 9.17) is 26.9 Å². The number of aromatic nitrogens is 1. The highest BCUT2D eigenvalue weighted by Crippen LogP contribution is 2.28. The van der Waals surface area contributed by atoms with Gasteiger partial charge in [-0.1, -0.05) is 11.6 Å². The molecular weight excluding hydrogens is 290 g/mol. The molecule has 104 valence electrons. The monoisotopic (exact) mass is 299 g/mol. The molecule has 0 unspecified atom stereocenters. The Morgan fingerprint density at radius 1 is 1.43 bits per heavy atom. The van der Waals surface area contributed by atoms with Crippen LogP contribution in [0.3, 0.4) is 0 Å². The predicted molar refractivity (Wildman–Crippen MR) is 78.5 cm³/mol. The number of benzene rings is 1. The Morgan fingerprint density at radius 2 is 2.14 bits per heavy atom. The molecule has 0 saturated heterocycles. The van der Waals surface area contributed by atoms with Gasteiger partial charge in [0.05, 0.1) is 6.61 Å². The summed E-state index contributed by atoms with van der Waals surface area (Å²) >= 11 is 5.96. The van der Waals surface area contributed by atoms with E-state index in [0.29, 0.717) is 21.5 Å². The number of nitriles is 2. The molecule has 5 nitrogen and oxygen atoms in total. The summed E-state index contributed by atoms with van der Waals surface area (Å²) in [5.41, 5.74) is 1.17. The van der Waals surface area contributed by atoms with E-state index in [0.717, 1.165) is 0 Å². The van der Waals surface area contributed by atoms with Gasteiger partial charge in [0.2, 0.25) is 0 Å². The molecule has 1 aromatic carbocycles. The Balaban J connectivity index is 2.74. The van der Waals surface area contributed by atoms with Gasteiger partial charge in [-0.25, -0.2) is 4.79 Å². The second-order valence-corrected chi connectivity index (χ2v) is 4.54. The molecule has 1 heterocycles. The van der Waals surface area contributed by atoms with Crippen molar-refractivity contribution in [1.29, 1.82) is 10.5 Å². The molecule has 2 rings (SSSR count). The van der Waals surface area contributed by atoms with Crippen molar-refractivity contribution in [2.24, 2.45) is 0 Å². The lowest BCUT2D eigenvalue weighted by Gasteiger charge is -2.00. The molecule has 1 N–H and O–H groups in total. The average molecular weight is 300 g/mol. The maximum Gasteiger partial charge on any atom is 0.355 e. The van der Waals surface area contributed by atoms with E-state index in [1.165, 1.54) is 6.08 Å². The molecule has 0 amide bonds. The van der Waals surface area contributed by atoms with E-state index in [9.17, 15) is 4.79 Å². The normalized spacial score (nSPS) is 9.71. The maximum absolute atomic E-state index is 12.0. The van der Waals surface area contributed by atoms with Crippen LogP contribution in [0.4, 0.5) is 0 Å². The summed E-state index contributed by atoms with van der Waals surface area (Å²) < 4.78 is 4.98. The molecule has 0 spiro atoms. The number of allylic oxidation sites excluding steroid dienone is 1. The van der Waals surface area contributed by atoms with Crippen LogP contribution in [0.5, 0.6) is 0 Å². The third-order valence-corrected chi connectivity index (χ3v) is 3.05. The largest absolute Gasteiger partial charge is 0.461 e. The zero-order valence-corrected chi connectivity index (χ0v) is 11.9. The van der Waals surface area contributed by atoms with E-state index in [1.807, 2.05) is 0 Å². The third-order valence-electron chi connectivity index (χ3n) is 2.81. The Labute approximate surface area is 126 Å². The fraction of sp³-hybridized carbons (Fsp3) is 0.133. The number of esters is 1. The summed E-state index contributed by atoms with van der Waals surface area (Å²) in [6.45, 7) is 1.92. The lowest BCUT2D eigenvalue weighted by atomic mass is 10.1. The standard InChI is InChI=1S/C15H10ClN3O2/c1-2-21-15(20)14-12(5-9(7-17)8-18)11-6-10(16)3-4-13(11)19-14/h3-6,19H,2H2,1H3. The summed E-state index contributed by atoms with van der Waals surface area (Å²) in [6.07, 6.45) is 1.35. The number of halogens is 1. The quantitative estimate of drug-likeness (QED) is 0.694. The molecule has 0 atom stereocenters. The fourth-order valence-electron chi connectivity index (χ4n) is 1.93. The van der Waals surface area contributed by atoms with Crippen LogP contribution in [0, 0.1) is 22.7 Å². The van der Waals surface area contributed by atoms with Crippen LogP contribution in [0.25, 0.3) is 17.0 Å². The zero-order valence-electron chi connectivity index (χ0n) is 11.1. The SMILES string of the molecule is CCOC(=O)c1[nH]c2ccc(Cl)cc2c1C=C(C#N)C#N. The van der Waals surface area contributed by atoms with Crippen molar-refractivity contribution in [3.8, 4) is 12.1 Å². The van der Waals surface area contributed by atoms with E-state index in [-0.39, 0.29) is 17.9 Å². The Morgan fingerprint density at radius 3 is 2.76 bits per heavy atom. The van der Waals surface area contributed by atoms with Crippen molar-refractivity contribution in [2.75, 3.05) is 6.61 Å². The Bertz CT molecular complexity index is 806. The lowest BCUT2D eigenvalue weighted by molar-refractivity contribution is 0.0520. The smallest absolute Gasteiger partial charge is 0.355 e. The second-order valence-electron chi connectivity index (χ2n) is 4.11. The number of fused-ring (bicyclic) bond motifs is 1. The average Bonchev–Trinajstić information content (AvgIpc) is 2.83. The third kappa shape index (κ3) is 2.89. The number of nitrogens with zero attached hydrogens (tertiary/aromatic N) is 2. The topological polar surface area (TPSA) is 89.7 Å². The molecular formula is C15H10ClN3O2. The number of carbonyl (C=O) groups excluding carboxylic acids is 1. The van der Waals surface area contributed by atoms with Crippen LogP contribution in [0.2, 0.25) is 5.02 Å². The molecule has 1 aromatic heterocycles. The zero-order chi connectivity index (χ0) is 15.4.